The van der Waals surface area contributed by atoms with Gasteiger partial charge in [-0.25, -0.2) is 0 Å². The summed E-state index contributed by atoms with van der Waals surface area (Å²) in [4.78, 5) is 0. The highest BCUT2D eigenvalue weighted by Crippen LogP contribution is 2.38. The van der Waals surface area contributed by atoms with Crippen molar-refractivity contribution in [3.63, 3.8) is 0 Å². The summed E-state index contributed by atoms with van der Waals surface area (Å²) >= 11 is 0. The molecule has 0 spiro atoms. The summed E-state index contributed by atoms with van der Waals surface area (Å²) in [7, 11) is 0. The maximum Gasteiger partial charge on any atom is 0.0540 e. The van der Waals surface area contributed by atoms with Crippen molar-refractivity contribution >= 4 is 0 Å². The summed E-state index contributed by atoms with van der Waals surface area (Å²) in [6.45, 7) is 5.40. The third-order valence-corrected chi connectivity index (χ3v) is 3.86. The Morgan fingerprint density at radius 1 is 0.667 bits per heavy atom. The highest BCUT2D eigenvalue weighted by molar-refractivity contribution is 4.85. The van der Waals surface area contributed by atoms with E-state index >= 15 is 0 Å². The van der Waals surface area contributed by atoms with E-state index in [1.165, 1.54) is 0 Å². The van der Waals surface area contributed by atoms with Crippen LogP contribution in [0.1, 0.15) is 40.0 Å². The van der Waals surface area contributed by atoms with E-state index in [4.69, 9.17) is 0 Å². The summed E-state index contributed by atoms with van der Waals surface area (Å²) in [5.41, 5.74) is 0. The van der Waals surface area contributed by atoms with Crippen LogP contribution in [-0.4, -0.2) is 33.6 Å². The number of hydrogen-bond acceptors (Lipinski definition) is 3. The lowest BCUT2D eigenvalue weighted by atomic mass is 9.70. The van der Waals surface area contributed by atoms with E-state index in [1.54, 1.807) is 20.8 Å². The van der Waals surface area contributed by atoms with Crippen LogP contribution in [0.4, 0.5) is 0 Å². The first-order valence-corrected chi connectivity index (χ1v) is 5.96. The summed E-state index contributed by atoms with van der Waals surface area (Å²) in [6, 6.07) is 0. The first-order chi connectivity index (χ1) is 6.91. The summed E-state index contributed by atoms with van der Waals surface area (Å²) < 4.78 is 0. The van der Waals surface area contributed by atoms with E-state index in [2.05, 4.69) is 0 Å². The van der Waals surface area contributed by atoms with Crippen LogP contribution in [0, 0.1) is 17.8 Å². The van der Waals surface area contributed by atoms with Crippen molar-refractivity contribution < 1.29 is 15.3 Å². The lowest BCUT2D eigenvalue weighted by Crippen LogP contribution is -2.37. The van der Waals surface area contributed by atoms with Crippen molar-refractivity contribution in [3.05, 3.63) is 0 Å². The van der Waals surface area contributed by atoms with Crippen molar-refractivity contribution in [1.29, 1.82) is 0 Å². The van der Waals surface area contributed by atoms with Gasteiger partial charge in [-0.05, 0) is 57.8 Å². The molecule has 1 saturated carbocycles. The second kappa shape index (κ2) is 5.28. The summed E-state index contributed by atoms with van der Waals surface area (Å²) in [6.07, 6.45) is 1.60. The zero-order valence-electron chi connectivity index (χ0n) is 9.93. The van der Waals surface area contributed by atoms with Gasteiger partial charge in [0.25, 0.3) is 0 Å². The average Bonchev–Trinajstić information content (AvgIpc) is 2.16. The second-order valence-corrected chi connectivity index (χ2v) is 5.21. The van der Waals surface area contributed by atoms with Gasteiger partial charge in [-0.3, -0.25) is 0 Å². The molecule has 0 radical (unpaired) electrons. The molecule has 90 valence electrons. The van der Waals surface area contributed by atoms with Gasteiger partial charge in [-0.1, -0.05) is 0 Å². The highest BCUT2D eigenvalue weighted by Gasteiger charge is 2.34. The van der Waals surface area contributed by atoms with Crippen molar-refractivity contribution in [2.75, 3.05) is 0 Å². The first-order valence-electron chi connectivity index (χ1n) is 5.96. The van der Waals surface area contributed by atoms with Gasteiger partial charge in [0.15, 0.2) is 0 Å². The monoisotopic (exact) mass is 216 g/mol. The molecule has 0 saturated heterocycles. The fourth-order valence-electron chi connectivity index (χ4n) is 2.64. The predicted molar refractivity (Wildman–Crippen MR) is 59.4 cm³/mol. The lowest BCUT2D eigenvalue weighted by molar-refractivity contribution is -0.0150. The molecule has 1 aliphatic rings. The molecule has 3 nitrogen and oxygen atoms in total. The van der Waals surface area contributed by atoms with E-state index in [1.807, 2.05) is 0 Å². The third-order valence-electron chi connectivity index (χ3n) is 3.86. The molecule has 0 bridgehead atoms. The molecular formula is C12H24O3. The topological polar surface area (TPSA) is 60.7 Å². The average molecular weight is 216 g/mol. The van der Waals surface area contributed by atoms with Crippen molar-refractivity contribution in [2.24, 2.45) is 17.8 Å². The van der Waals surface area contributed by atoms with E-state index in [0.29, 0.717) is 0 Å². The zero-order chi connectivity index (χ0) is 11.6. The Morgan fingerprint density at radius 3 is 1.00 bits per heavy atom. The molecule has 3 unspecified atom stereocenters. The van der Waals surface area contributed by atoms with Crippen LogP contribution in [0.15, 0.2) is 0 Å². The fourth-order valence-corrected chi connectivity index (χ4v) is 2.64. The number of rotatable bonds is 3. The van der Waals surface area contributed by atoms with Gasteiger partial charge in [0.1, 0.15) is 0 Å². The maximum atomic E-state index is 9.61. The Kier molecular flexibility index (Phi) is 4.56. The van der Waals surface area contributed by atoms with E-state index in [9.17, 15) is 15.3 Å². The Labute approximate surface area is 92.1 Å². The van der Waals surface area contributed by atoms with Crippen LogP contribution in [0.3, 0.4) is 0 Å². The van der Waals surface area contributed by atoms with Gasteiger partial charge < -0.3 is 15.3 Å². The predicted octanol–water partition coefficient (Wildman–Crippen LogP) is 1.16. The smallest absolute Gasteiger partial charge is 0.0540 e. The van der Waals surface area contributed by atoms with Gasteiger partial charge in [0.05, 0.1) is 18.3 Å². The van der Waals surface area contributed by atoms with Crippen molar-refractivity contribution in [2.45, 2.75) is 58.3 Å². The van der Waals surface area contributed by atoms with Crippen LogP contribution in [0.25, 0.3) is 0 Å². The van der Waals surface area contributed by atoms with Crippen molar-refractivity contribution in [1.82, 2.24) is 0 Å². The third kappa shape index (κ3) is 3.44. The van der Waals surface area contributed by atoms with E-state index in [0.717, 1.165) is 19.3 Å². The van der Waals surface area contributed by atoms with Crippen molar-refractivity contribution in [3.8, 4) is 0 Å². The summed E-state index contributed by atoms with van der Waals surface area (Å²) in [5.74, 6) is 0.661. The van der Waals surface area contributed by atoms with Crippen LogP contribution >= 0.6 is 0 Å². The van der Waals surface area contributed by atoms with Crippen LogP contribution < -0.4 is 0 Å². The lowest BCUT2D eigenvalue weighted by Gasteiger charge is -2.38. The molecule has 0 aromatic heterocycles. The summed E-state index contributed by atoms with van der Waals surface area (Å²) in [5, 5.41) is 28.8. The molecule has 0 aromatic carbocycles. The minimum atomic E-state index is -0.340. The fraction of sp³-hybridized carbons (Fsp3) is 1.00. The zero-order valence-corrected chi connectivity index (χ0v) is 9.93. The molecule has 3 atom stereocenters. The first kappa shape index (κ1) is 12.9. The number of aliphatic hydroxyl groups excluding tert-OH is 3. The molecular weight excluding hydrogens is 192 g/mol. The molecule has 0 heterocycles. The minimum absolute atomic E-state index is 0.220. The largest absolute Gasteiger partial charge is 0.393 e. The molecule has 1 fully saturated rings. The Balaban J connectivity index is 2.64. The molecule has 1 aliphatic carbocycles. The van der Waals surface area contributed by atoms with Crippen LogP contribution in [0.5, 0.6) is 0 Å². The molecule has 0 aliphatic heterocycles. The van der Waals surface area contributed by atoms with Gasteiger partial charge in [-0.2, -0.15) is 0 Å². The van der Waals surface area contributed by atoms with E-state index in [-0.39, 0.29) is 36.1 Å². The van der Waals surface area contributed by atoms with Crippen LogP contribution in [-0.2, 0) is 0 Å². The normalized spacial score (nSPS) is 38.4. The highest BCUT2D eigenvalue weighted by atomic mass is 16.3. The van der Waals surface area contributed by atoms with Gasteiger partial charge in [0, 0.05) is 0 Å². The second-order valence-electron chi connectivity index (χ2n) is 5.21. The molecule has 15 heavy (non-hydrogen) atoms. The molecule has 1 rings (SSSR count). The minimum Gasteiger partial charge on any atom is -0.393 e. The Bertz CT molecular complexity index is 150. The number of aliphatic hydroxyl groups is 3. The Morgan fingerprint density at radius 2 is 0.867 bits per heavy atom. The quantitative estimate of drug-likeness (QED) is 0.663. The van der Waals surface area contributed by atoms with E-state index < -0.39 is 0 Å². The van der Waals surface area contributed by atoms with Gasteiger partial charge >= 0.3 is 0 Å². The van der Waals surface area contributed by atoms with Crippen LogP contribution in [0.2, 0.25) is 0 Å². The number of hydrogen-bond donors (Lipinski definition) is 3. The molecule has 0 aromatic rings. The standard InChI is InChI=1S/C12H24O3/c1-7(13)10-4-11(8(2)14)6-12(5-10)9(3)15/h7-15H,4-6H2,1-3H3. The molecule has 3 heteroatoms. The molecule has 0 amide bonds. The SMILES string of the molecule is CC(O)C1CC(C(C)O)CC(C(C)O)C1. The van der Waals surface area contributed by atoms with Gasteiger partial charge in [-0.15, -0.1) is 0 Å². The van der Waals surface area contributed by atoms with Gasteiger partial charge in [0.2, 0.25) is 0 Å². The molecule has 3 N–H and O–H groups in total. The maximum absolute atomic E-state index is 9.61. The Hall–Kier alpha value is -0.120.